The predicted molar refractivity (Wildman–Crippen MR) is 50.5 cm³/mol. The van der Waals surface area contributed by atoms with Gasteiger partial charge in [0.1, 0.15) is 0 Å². The zero-order chi connectivity index (χ0) is 8.43. The fraction of sp³-hybridized carbons (Fsp3) is 0.200. The molecule has 1 heteroatoms. The van der Waals surface area contributed by atoms with Gasteiger partial charge in [-0.15, -0.1) is 0 Å². The van der Waals surface area contributed by atoms with Crippen molar-refractivity contribution >= 4 is 18.7 Å². The third-order valence-corrected chi connectivity index (χ3v) is 1.91. The van der Waals surface area contributed by atoms with E-state index in [0.29, 0.717) is 0 Å². The Bertz CT molecular complexity index is 368. The highest BCUT2D eigenvalue weighted by molar-refractivity contribution is 5.52. The van der Waals surface area contributed by atoms with Crippen LogP contribution in [0.2, 0.25) is 0 Å². The molecule has 0 bridgehead atoms. The van der Waals surface area contributed by atoms with E-state index in [4.69, 9.17) is 0 Å². The molecule has 0 aromatic carbocycles. The molecule has 0 aliphatic carbocycles. The summed E-state index contributed by atoms with van der Waals surface area (Å²) in [5.41, 5.74) is 2.35. The molecule has 0 spiro atoms. The summed E-state index contributed by atoms with van der Waals surface area (Å²) in [6, 6.07) is 0. The fourth-order valence-corrected chi connectivity index (χ4v) is 1.26. The van der Waals surface area contributed by atoms with Crippen molar-refractivity contribution in [3.63, 3.8) is 0 Å². The van der Waals surface area contributed by atoms with E-state index < -0.39 is 0 Å². The van der Waals surface area contributed by atoms with Crippen molar-refractivity contribution in [3.05, 3.63) is 28.4 Å². The summed E-state index contributed by atoms with van der Waals surface area (Å²) in [5.74, 6) is 0. The highest BCUT2D eigenvalue weighted by Crippen LogP contribution is 1.95. The van der Waals surface area contributed by atoms with Gasteiger partial charge >= 0.3 is 0 Å². The fourth-order valence-electron chi connectivity index (χ4n) is 1.26. The van der Waals surface area contributed by atoms with Crippen molar-refractivity contribution in [1.82, 2.24) is 4.98 Å². The van der Waals surface area contributed by atoms with E-state index in [0.717, 1.165) is 16.3 Å². The third-order valence-electron chi connectivity index (χ3n) is 1.91. The first-order valence-corrected chi connectivity index (χ1v) is 3.67. The molecule has 1 N–H and O–H groups in total. The van der Waals surface area contributed by atoms with Crippen molar-refractivity contribution in [2.75, 3.05) is 0 Å². The number of rotatable bonds is 1. The van der Waals surface area contributed by atoms with Crippen molar-refractivity contribution in [1.29, 1.82) is 0 Å². The Balaban J connectivity index is 3.63. The van der Waals surface area contributed by atoms with Crippen LogP contribution in [0, 0.1) is 6.92 Å². The topological polar surface area (TPSA) is 15.8 Å². The number of hydrogen-bond donors (Lipinski definition) is 1. The minimum Gasteiger partial charge on any atom is -0.356 e. The van der Waals surface area contributed by atoms with Crippen LogP contribution >= 0.6 is 0 Å². The van der Waals surface area contributed by atoms with Crippen molar-refractivity contribution in [2.24, 2.45) is 0 Å². The Morgan fingerprint density at radius 3 is 2.36 bits per heavy atom. The van der Waals surface area contributed by atoms with E-state index in [-0.39, 0.29) is 0 Å². The van der Waals surface area contributed by atoms with Gasteiger partial charge in [0.2, 0.25) is 0 Å². The second kappa shape index (κ2) is 2.79. The first-order valence-electron chi connectivity index (χ1n) is 3.67. The lowest BCUT2D eigenvalue weighted by atomic mass is 10.2. The van der Waals surface area contributed by atoms with Crippen LogP contribution in [-0.4, -0.2) is 4.98 Å². The van der Waals surface area contributed by atoms with Crippen molar-refractivity contribution in [2.45, 2.75) is 13.8 Å². The second-order valence-corrected chi connectivity index (χ2v) is 2.55. The molecule has 0 saturated heterocycles. The molecule has 1 heterocycles. The van der Waals surface area contributed by atoms with Gasteiger partial charge in [-0.3, -0.25) is 0 Å². The van der Waals surface area contributed by atoms with Gasteiger partial charge in [-0.1, -0.05) is 25.3 Å². The van der Waals surface area contributed by atoms with Crippen LogP contribution < -0.4 is 10.7 Å². The van der Waals surface area contributed by atoms with Crippen LogP contribution in [0.15, 0.2) is 6.58 Å². The van der Waals surface area contributed by atoms with Crippen LogP contribution in [-0.2, 0) is 0 Å². The lowest BCUT2D eigenvalue weighted by molar-refractivity contribution is 1.25. The molecule has 0 amide bonds. The van der Waals surface area contributed by atoms with Crippen LogP contribution in [0.1, 0.15) is 18.1 Å². The maximum atomic E-state index is 3.87. The molecule has 1 aromatic heterocycles. The van der Waals surface area contributed by atoms with Crippen LogP contribution in [0.25, 0.3) is 18.7 Å². The number of H-pyrrole nitrogens is 1. The van der Waals surface area contributed by atoms with E-state index >= 15 is 0 Å². The first-order chi connectivity index (χ1) is 5.20. The van der Waals surface area contributed by atoms with Gasteiger partial charge < -0.3 is 4.98 Å². The van der Waals surface area contributed by atoms with Crippen LogP contribution in [0.3, 0.4) is 0 Å². The average molecular weight is 147 g/mol. The van der Waals surface area contributed by atoms with Gasteiger partial charge in [0.05, 0.1) is 0 Å². The Morgan fingerprint density at radius 1 is 1.45 bits per heavy atom. The maximum absolute atomic E-state index is 3.87. The summed E-state index contributed by atoms with van der Waals surface area (Å²) in [4.78, 5) is 3.18. The molecule has 0 unspecified atom stereocenters. The molecule has 0 saturated carbocycles. The van der Waals surface area contributed by atoms with E-state index in [1.54, 1.807) is 0 Å². The van der Waals surface area contributed by atoms with E-state index in [9.17, 15) is 0 Å². The van der Waals surface area contributed by atoms with Gasteiger partial charge in [-0.2, -0.15) is 0 Å². The largest absolute Gasteiger partial charge is 0.356 e. The molecule has 0 fully saturated rings. The zero-order valence-electron chi connectivity index (χ0n) is 7.07. The molecule has 0 atom stereocenters. The molecule has 58 valence electrons. The van der Waals surface area contributed by atoms with Gasteiger partial charge in [0.25, 0.3) is 0 Å². The third kappa shape index (κ3) is 1.14. The Morgan fingerprint density at radius 2 is 2.09 bits per heavy atom. The molecular formula is C10H13N. The van der Waals surface area contributed by atoms with Crippen molar-refractivity contribution in [3.8, 4) is 0 Å². The average Bonchev–Trinajstić information content (AvgIpc) is 2.26. The van der Waals surface area contributed by atoms with Gasteiger partial charge in [-0.25, -0.2) is 0 Å². The number of hydrogen-bond acceptors (Lipinski definition) is 0. The SMILES string of the molecule is C=Cc1c(C)/c(=C/C)[nH]c1=C. The van der Waals surface area contributed by atoms with E-state index in [1.165, 1.54) is 5.56 Å². The Labute approximate surface area is 66.8 Å². The van der Waals surface area contributed by atoms with Gasteiger partial charge in [0, 0.05) is 16.3 Å². The molecule has 11 heavy (non-hydrogen) atoms. The van der Waals surface area contributed by atoms with E-state index in [2.05, 4.69) is 25.1 Å². The smallest absolute Gasteiger partial charge is 0.0388 e. The summed E-state index contributed by atoms with van der Waals surface area (Å²) in [6.07, 6.45) is 3.87. The normalized spacial score (nSPS) is 12.0. The molecule has 1 rings (SSSR count). The molecule has 0 aliphatic rings. The molecule has 1 nitrogen and oxygen atoms in total. The predicted octanol–water partition coefficient (Wildman–Crippen LogP) is 1.18. The number of aromatic nitrogens is 1. The quantitative estimate of drug-likeness (QED) is 0.614. The highest BCUT2D eigenvalue weighted by Gasteiger charge is 1.97. The van der Waals surface area contributed by atoms with Gasteiger partial charge in [-0.05, 0) is 19.4 Å². The molecular weight excluding hydrogens is 134 g/mol. The molecule has 0 aliphatic heterocycles. The molecule has 0 radical (unpaired) electrons. The van der Waals surface area contributed by atoms with Crippen LogP contribution in [0.5, 0.6) is 0 Å². The monoisotopic (exact) mass is 147 g/mol. The minimum atomic E-state index is 0.950. The van der Waals surface area contributed by atoms with Crippen LogP contribution in [0.4, 0.5) is 0 Å². The summed E-state index contributed by atoms with van der Waals surface area (Å²) in [5, 5.41) is 2.09. The second-order valence-electron chi connectivity index (χ2n) is 2.55. The summed E-state index contributed by atoms with van der Waals surface area (Å²) < 4.78 is 0. The summed E-state index contributed by atoms with van der Waals surface area (Å²) >= 11 is 0. The summed E-state index contributed by atoms with van der Waals surface area (Å²) in [6.45, 7) is 11.7. The molecule has 1 aromatic rings. The maximum Gasteiger partial charge on any atom is 0.0388 e. The lowest BCUT2D eigenvalue weighted by Gasteiger charge is -1.86. The lowest BCUT2D eigenvalue weighted by Crippen LogP contribution is -2.08. The van der Waals surface area contributed by atoms with Crippen molar-refractivity contribution < 1.29 is 0 Å². The number of aromatic amines is 1. The first kappa shape index (κ1) is 7.86. The highest BCUT2D eigenvalue weighted by atomic mass is 14.7. The van der Waals surface area contributed by atoms with Gasteiger partial charge in [0.15, 0.2) is 0 Å². The standard InChI is InChI=1S/C10H13N/c1-5-9-7(3)10(6-2)11-8(9)4/h5-6,11H,1,4H2,2-3H3/b10-6-. The van der Waals surface area contributed by atoms with E-state index in [1.807, 2.05) is 19.1 Å². The number of nitrogens with one attached hydrogen (secondary N) is 1. The summed E-state index contributed by atoms with van der Waals surface area (Å²) in [7, 11) is 0. The minimum absolute atomic E-state index is 0.950. The zero-order valence-corrected chi connectivity index (χ0v) is 7.07. The Hall–Kier alpha value is -1.24. The Kier molecular flexibility index (Phi) is 1.99.